The predicted molar refractivity (Wildman–Crippen MR) is 132 cm³/mol. The fraction of sp³-hybridized carbons (Fsp3) is 0.333. The minimum atomic E-state index is -0.238. The molecule has 0 spiro atoms. The molecular weight excluding hydrogens is 520 g/mol. The molecule has 6 nitrogen and oxygen atoms in total. The number of halogens is 3. The summed E-state index contributed by atoms with van der Waals surface area (Å²) in [6.07, 6.45) is 0.238. The van der Waals surface area contributed by atoms with Crippen LogP contribution in [0.1, 0.15) is 12.0 Å². The number of nitrogens with two attached hydrogens (primary N) is 1. The Bertz CT molecular complexity index is 885. The minimum Gasteiger partial charge on any atom is -0.370 e. The van der Waals surface area contributed by atoms with Crippen molar-refractivity contribution in [1.29, 1.82) is 0 Å². The van der Waals surface area contributed by atoms with Crippen molar-refractivity contribution in [3.05, 3.63) is 58.9 Å². The van der Waals surface area contributed by atoms with E-state index in [0.717, 1.165) is 37.4 Å². The maximum absolute atomic E-state index is 13.1. The number of nitrogens with one attached hydrogen (secondary N) is 1. The Labute approximate surface area is 198 Å². The van der Waals surface area contributed by atoms with E-state index >= 15 is 0 Å². The van der Waals surface area contributed by atoms with Crippen molar-refractivity contribution < 1.29 is 9.18 Å². The fourth-order valence-corrected chi connectivity index (χ4v) is 3.35. The van der Waals surface area contributed by atoms with E-state index in [-0.39, 0.29) is 42.1 Å². The van der Waals surface area contributed by atoms with E-state index in [2.05, 4.69) is 15.2 Å². The highest BCUT2D eigenvalue weighted by molar-refractivity contribution is 14.0. The van der Waals surface area contributed by atoms with Crippen molar-refractivity contribution in [2.45, 2.75) is 13.3 Å². The van der Waals surface area contributed by atoms with Gasteiger partial charge in [0.15, 0.2) is 5.96 Å². The molecular formula is C21H26ClFIN5O. The summed E-state index contributed by atoms with van der Waals surface area (Å²) in [7, 11) is 0. The van der Waals surface area contributed by atoms with Gasteiger partial charge in [-0.15, -0.1) is 24.0 Å². The summed E-state index contributed by atoms with van der Waals surface area (Å²) in [6, 6.07) is 11.9. The van der Waals surface area contributed by atoms with Crippen LogP contribution in [0.4, 0.5) is 15.8 Å². The van der Waals surface area contributed by atoms with Gasteiger partial charge in [0.05, 0.1) is 6.54 Å². The number of piperazine rings is 1. The predicted octanol–water partition coefficient (Wildman–Crippen LogP) is 3.87. The molecule has 2 aromatic carbocycles. The number of carbonyl (C=O) groups excluding carboxylic acids is 1. The number of amides is 1. The Kier molecular flexibility index (Phi) is 9.16. The molecule has 1 saturated heterocycles. The summed E-state index contributed by atoms with van der Waals surface area (Å²) in [5.41, 5.74) is 8.63. The monoisotopic (exact) mass is 545 g/mol. The molecule has 0 aromatic heterocycles. The topological polar surface area (TPSA) is 74.0 Å². The molecule has 0 bridgehead atoms. The second-order valence-corrected chi connectivity index (χ2v) is 7.31. The molecule has 1 amide bonds. The number of anilines is 2. The number of benzene rings is 2. The first kappa shape index (κ1) is 24.2. The highest BCUT2D eigenvalue weighted by Gasteiger charge is 2.18. The quantitative estimate of drug-likeness (QED) is 0.340. The van der Waals surface area contributed by atoms with Gasteiger partial charge in [0.25, 0.3) is 0 Å². The molecule has 3 N–H and O–H groups in total. The van der Waals surface area contributed by atoms with Gasteiger partial charge >= 0.3 is 0 Å². The van der Waals surface area contributed by atoms with Crippen molar-refractivity contribution in [2.75, 3.05) is 42.9 Å². The van der Waals surface area contributed by atoms with Crippen LogP contribution < -0.4 is 16.0 Å². The fourth-order valence-electron chi connectivity index (χ4n) is 3.17. The SMILES string of the molecule is Cc1c(Cl)cccc1NC(=O)CCN=C(N)N1CCN(c2ccc(F)cc2)CC1.I. The lowest BCUT2D eigenvalue weighted by Gasteiger charge is -2.36. The average Bonchev–Trinajstić information content (AvgIpc) is 2.72. The normalized spacial score (nSPS) is 14.3. The first-order chi connectivity index (χ1) is 13.9. The molecule has 0 radical (unpaired) electrons. The number of hydrogen-bond acceptors (Lipinski definition) is 3. The number of rotatable bonds is 5. The molecule has 162 valence electrons. The van der Waals surface area contributed by atoms with Gasteiger partial charge in [0.1, 0.15) is 5.82 Å². The van der Waals surface area contributed by atoms with Crippen molar-refractivity contribution in [3.8, 4) is 0 Å². The standard InChI is InChI=1S/C21H25ClFN5O.HI/c1-15-18(22)3-2-4-19(15)26-20(29)9-10-25-21(24)28-13-11-27(12-14-28)17-7-5-16(23)6-8-17;/h2-8H,9-14H2,1H3,(H2,24,25)(H,26,29);1H. The van der Waals surface area contributed by atoms with Crippen LogP contribution in [0.25, 0.3) is 0 Å². The van der Waals surface area contributed by atoms with Gasteiger partial charge in [-0.2, -0.15) is 0 Å². The summed E-state index contributed by atoms with van der Waals surface area (Å²) in [6.45, 7) is 5.17. The van der Waals surface area contributed by atoms with Crippen LogP contribution in [0, 0.1) is 12.7 Å². The van der Waals surface area contributed by atoms with E-state index < -0.39 is 0 Å². The summed E-state index contributed by atoms with van der Waals surface area (Å²) >= 11 is 6.07. The highest BCUT2D eigenvalue weighted by Crippen LogP contribution is 2.23. The zero-order valence-corrected chi connectivity index (χ0v) is 19.9. The Morgan fingerprint density at radius 3 is 2.50 bits per heavy atom. The van der Waals surface area contributed by atoms with Crippen molar-refractivity contribution in [3.63, 3.8) is 0 Å². The largest absolute Gasteiger partial charge is 0.370 e. The van der Waals surface area contributed by atoms with Crippen LogP contribution in [-0.2, 0) is 4.79 Å². The maximum atomic E-state index is 13.1. The lowest BCUT2D eigenvalue weighted by molar-refractivity contribution is -0.116. The van der Waals surface area contributed by atoms with Gasteiger partial charge in [-0.3, -0.25) is 9.79 Å². The molecule has 1 fully saturated rings. The van der Waals surface area contributed by atoms with Crippen LogP contribution in [0.2, 0.25) is 5.02 Å². The third kappa shape index (κ3) is 6.46. The Balaban J connectivity index is 0.00000320. The number of hydrogen-bond donors (Lipinski definition) is 2. The van der Waals surface area contributed by atoms with E-state index in [1.54, 1.807) is 24.3 Å². The van der Waals surface area contributed by atoms with Gasteiger partial charge in [0.2, 0.25) is 5.91 Å². The van der Waals surface area contributed by atoms with Crippen LogP contribution >= 0.6 is 35.6 Å². The molecule has 9 heteroatoms. The molecule has 3 rings (SSSR count). The number of aliphatic imine (C=N–C) groups is 1. The second-order valence-electron chi connectivity index (χ2n) is 6.90. The van der Waals surface area contributed by atoms with Crippen molar-refractivity contribution >= 4 is 58.8 Å². The van der Waals surface area contributed by atoms with Crippen molar-refractivity contribution in [2.24, 2.45) is 10.7 Å². The average molecular weight is 546 g/mol. The van der Waals surface area contributed by atoms with Crippen LogP contribution in [0.3, 0.4) is 0 Å². The van der Waals surface area contributed by atoms with Crippen molar-refractivity contribution in [1.82, 2.24) is 4.90 Å². The summed E-state index contributed by atoms with van der Waals surface area (Å²) in [5.74, 6) is 0.0712. The van der Waals surface area contributed by atoms with E-state index in [9.17, 15) is 9.18 Å². The summed E-state index contributed by atoms with van der Waals surface area (Å²) < 4.78 is 13.1. The summed E-state index contributed by atoms with van der Waals surface area (Å²) in [5, 5.41) is 3.47. The summed E-state index contributed by atoms with van der Waals surface area (Å²) in [4.78, 5) is 20.7. The second kappa shape index (κ2) is 11.4. The third-order valence-electron chi connectivity index (χ3n) is 4.95. The van der Waals surface area contributed by atoms with Gasteiger partial charge in [-0.1, -0.05) is 17.7 Å². The first-order valence-electron chi connectivity index (χ1n) is 9.54. The van der Waals surface area contributed by atoms with E-state index in [1.165, 1.54) is 12.1 Å². The Morgan fingerprint density at radius 2 is 1.83 bits per heavy atom. The maximum Gasteiger partial charge on any atom is 0.226 e. The highest BCUT2D eigenvalue weighted by atomic mass is 127. The molecule has 0 saturated carbocycles. The molecule has 0 atom stereocenters. The van der Waals surface area contributed by atoms with Gasteiger partial charge in [0, 0.05) is 49.0 Å². The smallest absolute Gasteiger partial charge is 0.226 e. The molecule has 1 aliphatic heterocycles. The zero-order valence-electron chi connectivity index (χ0n) is 16.8. The number of guanidine groups is 1. The zero-order chi connectivity index (χ0) is 20.8. The first-order valence-corrected chi connectivity index (χ1v) is 9.92. The van der Waals surface area contributed by atoms with Gasteiger partial charge < -0.3 is 20.9 Å². The lowest BCUT2D eigenvalue weighted by atomic mass is 10.2. The minimum absolute atomic E-state index is 0. The molecule has 1 aliphatic rings. The number of nitrogens with zero attached hydrogens (tertiary/aromatic N) is 3. The van der Waals surface area contributed by atoms with E-state index in [0.29, 0.717) is 23.2 Å². The lowest BCUT2D eigenvalue weighted by Crippen LogP contribution is -2.51. The van der Waals surface area contributed by atoms with E-state index in [1.807, 2.05) is 17.9 Å². The van der Waals surface area contributed by atoms with Crippen LogP contribution in [0.15, 0.2) is 47.5 Å². The molecule has 1 heterocycles. The van der Waals surface area contributed by atoms with E-state index in [4.69, 9.17) is 17.3 Å². The number of carbonyl (C=O) groups is 1. The molecule has 0 aliphatic carbocycles. The Hall–Kier alpha value is -2.07. The van der Waals surface area contributed by atoms with Gasteiger partial charge in [-0.25, -0.2) is 4.39 Å². The third-order valence-corrected chi connectivity index (χ3v) is 5.36. The Morgan fingerprint density at radius 1 is 1.17 bits per heavy atom. The van der Waals surface area contributed by atoms with Gasteiger partial charge in [-0.05, 0) is 48.9 Å². The molecule has 0 unspecified atom stereocenters. The van der Waals surface area contributed by atoms with Crippen LogP contribution in [-0.4, -0.2) is 49.5 Å². The molecule has 2 aromatic rings. The molecule has 30 heavy (non-hydrogen) atoms. The van der Waals surface area contributed by atoms with Crippen LogP contribution in [0.5, 0.6) is 0 Å².